The summed E-state index contributed by atoms with van der Waals surface area (Å²) >= 11 is 2.78. The molecule has 0 fully saturated rings. The van der Waals surface area contributed by atoms with Crippen LogP contribution in [0.25, 0.3) is 17.1 Å². The Morgan fingerprint density at radius 1 is 1.17 bits per heavy atom. The van der Waals surface area contributed by atoms with Crippen molar-refractivity contribution in [2.24, 2.45) is 0 Å². The highest BCUT2D eigenvalue weighted by atomic mass is 32.1. The minimum absolute atomic E-state index is 0.163. The van der Waals surface area contributed by atoms with Gasteiger partial charge in [-0.25, -0.2) is 4.98 Å². The number of furan rings is 1. The van der Waals surface area contributed by atoms with Crippen molar-refractivity contribution in [2.75, 3.05) is 5.32 Å². The molecule has 1 N–H and O–H groups in total. The number of nitrogens with zero attached hydrogens (tertiary/aromatic N) is 2. The van der Waals surface area contributed by atoms with E-state index in [9.17, 15) is 4.79 Å². The molecule has 4 heterocycles. The van der Waals surface area contributed by atoms with E-state index in [0.29, 0.717) is 21.5 Å². The summed E-state index contributed by atoms with van der Waals surface area (Å²) in [7, 11) is 0. The summed E-state index contributed by atoms with van der Waals surface area (Å²) in [6.07, 6.45) is 5.43. The van der Waals surface area contributed by atoms with E-state index >= 15 is 0 Å². The lowest BCUT2D eigenvalue weighted by molar-refractivity contribution is 0.103. The molecular formula is C16H11N3O2S2. The summed E-state index contributed by atoms with van der Waals surface area (Å²) in [6.45, 7) is 0. The molecule has 0 aromatic carbocycles. The van der Waals surface area contributed by atoms with Gasteiger partial charge in [0.05, 0.1) is 12.0 Å². The van der Waals surface area contributed by atoms with Crippen LogP contribution in [0.2, 0.25) is 0 Å². The fourth-order valence-electron chi connectivity index (χ4n) is 2.19. The Bertz CT molecular complexity index is 921. The fraction of sp³-hybridized carbons (Fsp3) is 0. The molecule has 0 bridgehead atoms. The second-order valence-corrected chi connectivity index (χ2v) is 6.47. The molecule has 4 aromatic heterocycles. The number of amides is 1. The van der Waals surface area contributed by atoms with Crippen LogP contribution in [0.3, 0.4) is 0 Å². The number of thiophene rings is 1. The Morgan fingerprint density at radius 2 is 2.04 bits per heavy atom. The summed E-state index contributed by atoms with van der Waals surface area (Å²) in [6, 6.07) is 9.42. The lowest BCUT2D eigenvalue weighted by Crippen LogP contribution is -2.12. The molecule has 5 nitrogen and oxygen atoms in total. The third kappa shape index (κ3) is 2.71. The minimum atomic E-state index is -0.163. The molecule has 7 heteroatoms. The van der Waals surface area contributed by atoms with Gasteiger partial charge < -0.3 is 8.98 Å². The molecule has 114 valence electrons. The maximum atomic E-state index is 12.5. The molecule has 4 aromatic rings. The first-order valence-electron chi connectivity index (χ1n) is 6.83. The molecule has 0 unspecified atom stereocenters. The Hall–Kier alpha value is -2.64. The van der Waals surface area contributed by atoms with Crippen molar-refractivity contribution in [1.29, 1.82) is 0 Å². The van der Waals surface area contributed by atoms with Gasteiger partial charge in [-0.3, -0.25) is 10.1 Å². The lowest BCUT2D eigenvalue weighted by Gasteiger charge is -2.04. The van der Waals surface area contributed by atoms with Crippen LogP contribution in [-0.4, -0.2) is 15.5 Å². The molecule has 0 radical (unpaired) electrons. The van der Waals surface area contributed by atoms with Gasteiger partial charge in [0.15, 0.2) is 10.9 Å². The first-order valence-corrected chi connectivity index (χ1v) is 8.59. The zero-order valence-electron chi connectivity index (χ0n) is 11.8. The van der Waals surface area contributed by atoms with E-state index in [1.54, 1.807) is 6.26 Å². The number of anilines is 1. The van der Waals surface area contributed by atoms with Crippen LogP contribution >= 0.6 is 22.7 Å². The number of rotatable bonds is 4. The quantitative estimate of drug-likeness (QED) is 0.594. The first kappa shape index (κ1) is 14.0. The van der Waals surface area contributed by atoms with Gasteiger partial charge in [0, 0.05) is 17.8 Å². The first-order chi connectivity index (χ1) is 11.3. The predicted molar refractivity (Wildman–Crippen MR) is 91.4 cm³/mol. The molecule has 0 spiro atoms. The summed E-state index contributed by atoms with van der Waals surface area (Å²) in [4.78, 5) is 17.6. The van der Waals surface area contributed by atoms with Crippen molar-refractivity contribution in [2.45, 2.75) is 0 Å². The molecule has 0 aliphatic heterocycles. The van der Waals surface area contributed by atoms with Gasteiger partial charge in [0.25, 0.3) is 5.91 Å². The van der Waals surface area contributed by atoms with Crippen LogP contribution in [-0.2, 0) is 0 Å². The smallest absolute Gasteiger partial charge is 0.269 e. The van der Waals surface area contributed by atoms with Gasteiger partial charge in [-0.05, 0) is 35.7 Å². The van der Waals surface area contributed by atoms with Gasteiger partial charge in [-0.2, -0.15) is 0 Å². The van der Waals surface area contributed by atoms with Crippen LogP contribution in [0.1, 0.15) is 9.67 Å². The summed E-state index contributed by atoms with van der Waals surface area (Å²) in [5.41, 5.74) is 1.58. The highest BCUT2D eigenvalue weighted by Gasteiger charge is 2.16. The SMILES string of the molecule is O=C(Nc1nc(-c2ccco2)cs1)c1sccc1-n1cccc1. The van der Waals surface area contributed by atoms with Gasteiger partial charge >= 0.3 is 0 Å². The summed E-state index contributed by atoms with van der Waals surface area (Å²) < 4.78 is 7.23. The summed E-state index contributed by atoms with van der Waals surface area (Å²) in [5, 5.41) is 7.16. The topological polar surface area (TPSA) is 60.1 Å². The molecule has 0 saturated carbocycles. The summed E-state index contributed by atoms with van der Waals surface area (Å²) in [5.74, 6) is 0.523. The van der Waals surface area contributed by atoms with E-state index < -0.39 is 0 Å². The number of aromatic nitrogens is 2. The fourth-order valence-corrected chi connectivity index (χ4v) is 3.67. The van der Waals surface area contributed by atoms with E-state index in [1.807, 2.05) is 58.1 Å². The second-order valence-electron chi connectivity index (χ2n) is 4.69. The number of hydrogen-bond donors (Lipinski definition) is 1. The molecule has 23 heavy (non-hydrogen) atoms. The van der Waals surface area contributed by atoms with Crippen molar-refractivity contribution in [1.82, 2.24) is 9.55 Å². The minimum Gasteiger partial charge on any atom is -0.463 e. The number of thiazole rings is 1. The van der Waals surface area contributed by atoms with E-state index in [4.69, 9.17) is 4.42 Å². The average Bonchev–Trinajstić information content (AvgIpc) is 3.30. The van der Waals surface area contributed by atoms with Gasteiger partial charge in [-0.1, -0.05) is 0 Å². The van der Waals surface area contributed by atoms with E-state index in [2.05, 4.69) is 10.3 Å². The van der Waals surface area contributed by atoms with Crippen LogP contribution in [0.5, 0.6) is 0 Å². The normalized spacial score (nSPS) is 10.8. The largest absolute Gasteiger partial charge is 0.463 e. The van der Waals surface area contributed by atoms with Crippen molar-refractivity contribution in [3.63, 3.8) is 0 Å². The van der Waals surface area contributed by atoms with Crippen molar-refractivity contribution < 1.29 is 9.21 Å². The molecule has 0 saturated heterocycles. The Kier molecular flexibility index (Phi) is 3.57. The average molecular weight is 341 g/mol. The molecular weight excluding hydrogens is 330 g/mol. The second kappa shape index (κ2) is 5.86. The van der Waals surface area contributed by atoms with Crippen LogP contribution in [0.4, 0.5) is 5.13 Å². The Labute approximate surface area is 139 Å². The standard InChI is InChI=1S/C16H11N3O2S2/c20-15(14-12(5-9-22-14)19-6-1-2-7-19)18-16-17-11(10-23-16)13-4-3-8-21-13/h1-10H,(H,17,18,20). The van der Waals surface area contributed by atoms with E-state index in [-0.39, 0.29) is 5.91 Å². The third-order valence-corrected chi connectivity index (χ3v) is 4.89. The predicted octanol–water partition coefficient (Wildman–Crippen LogP) is 4.51. The number of nitrogens with one attached hydrogen (secondary N) is 1. The number of hydrogen-bond acceptors (Lipinski definition) is 5. The lowest BCUT2D eigenvalue weighted by atomic mass is 10.3. The maximum absolute atomic E-state index is 12.5. The van der Waals surface area contributed by atoms with E-state index in [0.717, 1.165) is 5.69 Å². The number of carbonyl (C=O) groups is 1. The van der Waals surface area contributed by atoms with Crippen LogP contribution in [0, 0.1) is 0 Å². The van der Waals surface area contributed by atoms with Crippen LogP contribution < -0.4 is 5.32 Å². The zero-order chi connectivity index (χ0) is 15.6. The van der Waals surface area contributed by atoms with Crippen molar-refractivity contribution in [3.05, 3.63) is 64.6 Å². The van der Waals surface area contributed by atoms with Crippen LogP contribution in [0.15, 0.2) is 64.2 Å². The highest BCUT2D eigenvalue weighted by Crippen LogP contribution is 2.27. The molecule has 1 amide bonds. The maximum Gasteiger partial charge on any atom is 0.269 e. The van der Waals surface area contributed by atoms with Crippen molar-refractivity contribution in [3.8, 4) is 17.1 Å². The molecule has 0 aliphatic rings. The van der Waals surface area contributed by atoms with Gasteiger partial charge in [0.2, 0.25) is 0 Å². The Balaban J connectivity index is 1.56. The molecule has 0 aliphatic carbocycles. The van der Waals surface area contributed by atoms with Gasteiger partial charge in [-0.15, -0.1) is 22.7 Å². The monoisotopic (exact) mass is 341 g/mol. The van der Waals surface area contributed by atoms with Gasteiger partial charge in [0.1, 0.15) is 10.6 Å². The highest BCUT2D eigenvalue weighted by molar-refractivity contribution is 7.15. The Morgan fingerprint density at radius 3 is 2.83 bits per heavy atom. The van der Waals surface area contributed by atoms with E-state index in [1.165, 1.54) is 22.7 Å². The van der Waals surface area contributed by atoms with Crippen molar-refractivity contribution >= 4 is 33.7 Å². The number of carbonyl (C=O) groups excluding carboxylic acids is 1. The third-order valence-electron chi connectivity index (χ3n) is 3.23. The molecule has 0 atom stereocenters. The zero-order valence-corrected chi connectivity index (χ0v) is 13.4. The molecule has 4 rings (SSSR count).